The molecule has 0 aliphatic heterocycles. The smallest absolute Gasteiger partial charge is 0.0637 e. The number of nitrogens with one attached hydrogen (secondary N) is 1. The molecule has 15 heavy (non-hydrogen) atoms. The molecule has 1 aromatic rings. The van der Waals surface area contributed by atoms with Crippen molar-refractivity contribution in [3.63, 3.8) is 0 Å². The summed E-state index contributed by atoms with van der Waals surface area (Å²) in [5.41, 5.74) is 1.16. The molecule has 4 heteroatoms. The number of aryl methyl sites for hydroxylation is 1. The second kappa shape index (κ2) is 6.58. The van der Waals surface area contributed by atoms with Crippen molar-refractivity contribution in [3.05, 3.63) is 18.0 Å². The summed E-state index contributed by atoms with van der Waals surface area (Å²) in [7, 11) is 6.16. The third-order valence-corrected chi connectivity index (χ3v) is 2.29. The van der Waals surface area contributed by atoms with Gasteiger partial charge in [-0.25, -0.2) is 0 Å². The Morgan fingerprint density at radius 1 is 1.40 bits per heavy atom. The van der Waals surface area contributed by atoms with Gasteiger partial charge >= 0.3 is 0 Å². The van der Waals surface area contributed by atoms with Crippen LogP contribution in [0.25, 0.3) is 0 Å². The van der Waals surface area contributed by atoms with E-state index in [1.165, 1.54) is 6.42 Å². The Morgan fingerprint density at radius 3 is 2.80 bits per heavy atom. The average Bonchev–Trinajstić information content (AvgIpc) is 2.57. The maximum atomic E-state index is 4.33. The van der Waals surface area contributed by atoms with Gasteiger partial charge < -0.3 is 10.2 Å². The van der Waals surface area contributed by atoms with Crippen LogP contribution in [-0.2, 0) is 13.5 Å². The highest BCUT2D eigenvalue weighted by atomic mass is 15.2. The number of hydrogen-bond acceptors (Lipinski definition) is 3. The minimum absolute atomic E-state index is 1.02. The van der Waals surface area contributed by atoms with Crippen LogP contribution in [0.2, 0.25) is 0 Å². The maximum Gasteiger partial charge on any atom is 0.0637 e. The van der Waals surface area contributed by atoms with Crippen molar-refractivity contribution < 1.29 is 0 Å². The number of rotatable bonds is 7. The highest BCUT2D eigenvalue weighted by Crippen LogP contribution is 1.93. The molecule has 4 nitrogen and oxygen atoms in total. The molecule has 0 fully saturated rings. The van der Waals surface area contributed by atoms with Crippen LogP contribution in [-0.4, -0.2) is 48.4 Å². The zero-order valence-corrected chi connectivity index (χ0v) is 10.0. The van der Waals surface area contributed by atoms with Crippen molar-refractivity contribution in [3.8, 4) is 0 Å². The Labute approximate surface area is 92.3 Å². The van der Waals surface area contributed by atoms with Gasteiger partial charge in [0.15, 0.2) is 0 Å². The molecule has 1 rings (SSSR count). The first-order valence-corrected chi connectivity index (χ1v) is 5.52. The van der Waals surface area contributed by atoms with Crippen LogP contribution in [0.15, 0.2) is 12.3 Å². The van der Waals surface area contributed by atoms with Gasteiger partial charge in [-0.2, -0.15) is 5.10 Å². The summed E-state index contributed by atoms with van der Waals surface area (Å²) < 4.78 is 1.85. The van der Waals surface area contributed by atoms with Gasteiger partial charge in [-0.05, 0) is 39.7 Å². The van der Waals surface area contributed by atoms with Gasteiger partial charge in [0, 0.05) is 26.2 Å². The molecule has 86 valence electrons. The summed E-state index contributed by atoms with van der Waals surface area (Å²) in [5.74, 6) is 0. The van der Waals surface area contributed by atoms with E-state index in [2.05, 4.69) is 35.5 Å². The lowest BCUT2D eigenvalue weighted by Crippen LogP contribution is -2.23. The second-order valence-electron chi connectivity index (χ2n) is 4.14. The second-order valence-corrected chi connectivity index (χ2v) is 4.14. The Kier molecular flexibility index (Phi) is 5.36. The Bertz CT molecular complexity index is 267. The predicted molar refractivity (Wildman–Crippen MR) is 63.0 cm³/mol. The third-order valence-electron chi connectivity index (χ3n) is 2.29. The van der Waals surface area contributed by atoms with Crippen molar-refractivity contribution in [1.29, 1.82) is 0 Å². The highest BCUT2D eigenvalue weighted by molar-refractivity contribution is 4.98. The van der Waals surface area contributed by atoms with E-state index in [0.717, 1.165) is 31.7 Å². The molecule has 0 atom stereocenters. The molecule has 0 aliphatic rings. The summed E-state index contributed by atoms with van der Waals surface area (Å²) >= 11 is 0. The summed E-state index contributed by atoms with van der Waals surface area (Å²) in [6.45, 7) is 3.26. The van der Waals surface area contributed by atoms with Crippen LogP contribution in [0.4, 0.5) is 0 Å². The molecule has 1 N–H and O–H groups in total. The number of nitrogens with zero attached hydrogens (tertiary/aromatic N) is 3. The quantitative estimate of drug-likeness (QED) is 0.665. The highest BCUT2D eigenvalue weighted by Gasteiger charge is 1.96. The lowest BCUT2D eigenvalue weighted by Gasteiger charge is -2.09. The summed E-state index contributed by atoms with van der Waals surface area (Å²) in [4.78, 5) is 2.21. The van der Waals surface area contributed by atoms with E-state index in [4.69, 9.17) is 0 Å². The fourth-order valence-corrected chi connectivity index (χ4v) is 1.46. The molecule has 0 bridgehead atoms. The van der Waals surface area contributed by atoms with Gasteiger partial charge in [0.2, 0.25) is 0 Å². The fourth-order valence-electron chi connectivity index (χ4n) is 1.46. The van der Waals surface area contributed by atoms with Gasteiger partial charge in [0.25, 0.3) is 0 Å². The van der Waals surface area contributed by atoms with Crippen LogP contribution >= 0.6 is 0 Å². The molecule has 0 aliphatic carbocycles. The van der Waals surface area contributed by atoms with Crippen molar-refractivity contribution in [2.45, 2.75) is 12.8 Å². The van der Waals surface area contributed by atoms with Crippen LogP contribution in [0, 0.1) is 0 Å². The maximum absolute atomic E-state index is 4.33. The van der Waals surface area contributed by atoms with Gasteiger partial charge in [-0.1, -0.05) is 0 Å². The fraction of sp³-hybridized carbons (Fsp3) is 0.727. The minimum Gasteiger partial charge on any atom is -0.316 e. The van der Waals surface area contributed by atoms with Gasteiger partial charge in [-0.15, -0.1) is 0 Å². The molecule has 0 saturated carbocycles. The topological polar surface area (TPSA) is 33.1 Å². The molecular formula is C11H22N4. The first-order chi connectivity index (χ1) is 7.18. The van der Waals surface area contributed by atoms with Crippen LogP contribution in [0.1, 0.15) is 12.1 Å². The first-order valence-electron chi connectivity index (χ1n) is 5.52. The molecular weight excluding hydrogens is 188 g/mol. The van der Waals surface area contributed by atoms with E-state index in [9.17, 15) is 0 Å². The summed E-state index contributed by atoms with van der Waals surface area (Å²) in [5, 5.41) is 7.75. The van der Waals surface area contributed by atoms with Crippen molar-refractivity contribution in [2.24, 2.45) is 7.05 Å². The third kappa shape index (κ3) is 5.54. The Hall–Kier alpha value is -0.870. The molecule has 0 radical (unpaired) electrons. The Morgan fingerprint density at radius 2 is 2.20 bits per heavy atom. The standard InChI is InChI=1S/C11H22N4/c1-14(2)9-4-7-12-8-5-11-6-10-15(3)13-11/h6,10,12H,4-5,7-9H2,1-3H3. The van der Waals surface area contributed by atoms with Crippen LogP contribution in [0.5, 0.6) is 0 Å². The van der Waals surface area contributed by atoms with E-state index >= 15 is 0 Å². The first kappa shape index (κ1) is 12.2. The molecule has 0 amide bonds. The zero-order chi connectivity index (χ0) is 11.1. The normalized spacial score (nSPS) is 11.2. The van der Waals surface area contributed by atoms with E-state index < -0.39 is 0 Å². The van der Waals surface area contributed by atoms with Gasteiger partial charge in [-0.3, -0.25) is 4.68 Å². The largest absolute Gasteiger partial charge is 0.316 e. The molecule has 0 saturated heterocycles. The van der Waals surface area contributed by atoms with Crippen molar-refractivity contribution in [2.75, 3.05) is 33.7 Å². The van der Waals surface area contributed by atoms with E-state index in [1.807, 2.05) is 17.9 Å². The molecule has 0 spiro atoms. The zero-order valence-electron chi connectivity index (χ0n) is 10.0. The monoisotopic (exact) mass is 210 g/mol. The van der Waals surface area contributed by atoms with E-state index in [-0.39, 0.29) is 0 Å². The average molecular weight is 210 g/mol. The molecule has 0 unspecified atom stereocenters. The predicted octanol–water partition coefficient (Wildman–Crippen LogP) is 0.504. The number of hydrogen-bond donors (Lipinski definition) is 1. The number of aromatic nitrogens is 2. The summed E-state index contributed by atoms with van der Waals surface area (Å²) in [6, 6.07) is 2.07. The molecule has 1 aromatic heterocycles. The SMILES string of the molecule is CN(C)CCCNCCc1ccn(C)n1. The van der Waals surface area contributed by atoms with Crippen molar-refractivity contribution >= 4 is 0 Å². The summed E-state index contributed by atoms with van der Waals surface area (Å²) in [6.07, 6.45) is 4.21. The molecule has 0 aromatic carbocycles. The van der Waals surface area contributed by atoms with Gasteiger partial charge in [0.1, 0.15) is 0 Å². The van der Waals surface area contributed by atoms with Crippen LogP contribution < -0.4 is 5.32 Å². The van der Waals surface area contributed by atoms with Gasteiger partial charge in [0.05, 0.1) is 5.69 Å². The lowest BCUT2D eigenvalue weighted by molar-refractivity contribution is 0.395. The van der Waals surface area contributed by atoms with Crippen LogP contribution in [0.3, 0.4) is 0 Å². The van der Waals surface area contributed by atoms with E-state index in [1.54, 1.807) is 0 Å². The van der Waals surface area contributed by atoms with Crippen molar-refractivity contribution in [1.82, 2.24) is 20.0 Å². The minimum atomic E-state index is 1.02. The molecule has 1 heterocycles. The lowest BCUT2D eigenvalue weighted by atomic mass is 10.3. The Balaban J connectivity index is 1.98. The van der Waals surface area contributed by atoms with E-state index in [0.29, 0.717) is 0 Å².